The van der Waals surface area contributed by atoms with Gasteiger partial charge >= 0.3 is 29.8 Å². The highest BCUT2D eigenvalue weighted by Gasteiger charge is 2.42. The lowest BCUT2D eigenvalue weighted by Crippen LogP contribution is -2.47. The third-order valence-electron chi connectivity index (χ3n) is 7.73. The first-order valence-corrected chi connectivity index (χ1v) is 16.2. The van der Waals surface area contributed by atoms with Crippen molar-refractivity contribution < 1.29 is 57.2 Å². The van der Waals surface area contributed by atoms with Gasteiger partial charge in [-0.15, -0.1) is 0 Å². The summed E-state index contributed by atoms with van der Waals surface area (Å²) in [5, 5.41) is 2.46. The first-order chi connectivity index (χ1) is 23.4. The van der Waals surface area contributed by atoms with E-state index >= 15 is 0 Å². The first kappa shape index (κ1) is 38.4. The van der Waals surface area contributed by atoms with Crippen molar-refractivity contribution in [2.45, 2.75) is 84.0 Å². The van der Waals surface area contributed by atoms with Crippen LogP contribution in [0.4, 0.5) is 0 Å². The van der Waals surface area contributed by atoms with Gasteiger partial charge in [-0.2, -0.15) is 0 Å². The number of ether oxygens (including phenoxy) is 6. The van der Waals surface area contributed by atoms with Gasteiger partial charge in [-0.05, 0) is 31.7 Å². The van der Waals surface area contributed by atoms with Gasteiger partial charge in [0.05, 0.1) is 20.1 Å². The van der Waals surface area contributed by atoms with Crippen LogP contribution >= 0.6 is 0 Å². The molecule has 0 saturated carbocycles. The van der Waals surface area contributed by atoms with Crippen molar-refractivity contribution in [3.63, 3.8) is 0 Å². The number of hydrogen-bond acceptors (Lipinski definition) is 13. The van der Waals surface area contributed by atoms with E-state index < -0.39 is 66.5 Å². The Morgan fingerprint density at radius 3 is 2.24 bits per heavy atom. The molecule has 4 atom stereocenters. The van der Waals surface area contributed by atoms with Crippen LogP contribution in [-0.2, 0) is 49.3 Å². The smallest absolute Gasteiger partial charge is 0.332 e. The molecule has 0 spiro atoms. The summed E-state index contributed by atoms with van der Waals surface area (Å²) in [6, 6.07) is 8.94. The number of pyridine rings is 1. The molecule has 1 amide bonds. The van der Waals surface area contributed by atoms with Crippen molar-refractivity contribution in [3.05, 3.63) is 53.9 Å². The average Bonchev–Trinajstić information content (AvgIpc) is 3.12. The van der Waals surface area contributed by atoms with Crippen LogP contribution in [0.3, 0.4) is 0 Å². The van der Waals surface area contributed by atoms with E-state index in [0.29, 0.717) is 32.1 Å². The molecule has 1 aliphatic rings. The Morgan fingerprint density at radius 2 is 1.61 bits per heavy atom. The molecule has 14 heteroatoms. The zero-order valence-corrected chi connectivity index (χ0v) is 28.4. The number of unbranched alkanes of at least 4 members (excludes halogenated alkanes) is 3. The quantitative estimate of drug-likeness (QED) is 0.164. The fourth-order valence-corrected chi connectivity index (χ4v) is 4.99. The van der Waals surface area contributed by atoms with Crippen molar-refractivity contribution in [2.75, 3.05) is 20.8 Å². The number of benzene rings is 1. The van der Waals surface area contributed by atoms with Crippen LogP contribution in [-0.4, -0.2) is 79.8 Å². The molecular weight excluding hydrogens is 640 g/mol. The lowest BCUT2D eigenvalue weighted by atomic mass is 9.91. The minimum Gasteiger partial charge on any atom is -0.493 e. The van der Waals surface area contributed by atoms with E-state index in [1.165, 1.54) is 33.4 Å². The molecule has 1 aromatic carbocycles. The molecule has 0 aliphatic carbocycles. The molecule has 0 radical (unpaired) electrons. The van der Waals surface area contributed by atoms with Gasteiger partial charge in [-0.3, -0.25) is 24.0 Å². The second kappa shape index (κ2) is 19.1. The molecule has 1 saturated heterocycles. The molecule has 3 rings (SSSR count). The molecular formula is C35H44N2O12. The second-order valence-corrected chi connectivity index (χ2v) is 11.8. The number of nitrogens with one attached hydrogen (secondary N) is 1. The summed E-state index contributed by atoms with van der Waals surface area (Å²) < 4.78 is 32.3. The van der Waals surface area contributed by atoms with Gasteiger partial charge in [0.1, 0.15) is 18.6 Å². The van der Waals surface area contributed by atoms with E-state index in [1.807, 2.05) is 6.07 Å². The molecule has 0 bridgehead atoms. The number of methoxy groups -OCH3 is 2. The van der Waals surface area contributed by atoms with E-state index in [2.05, 4.69) is 15.0 Å². The average molecular weight is 685 g/mol. The maximum Gasteiger partial charge on any atom is 0.332 e. The highest BCUT2D eigenvalue weighted by molar-refractivity contribution is 5.99. The number of hydrogen-bond donors (Lipinski definition) is 1. The molecule has 2 aromatic rings. The fourth-order valence-electron chi connectivity index (χ4n) is 4.99. The highest BCUT2D eigenvalue weighted by atomic mass is 16.6. The van der Waals surface area contributed by atoms with Crippen molar-refractivity contribution >= 4 is 35.8 Å². The number of esters is 5. The largest absolute Gasteiger partial charge is 0.493 e. The van der Waals surface area contributed by atoms with Crippen LogP contribution in [0.2, 0.25) is 0 Å². The van der Waals surface area contributed by atoms with Crippen LogP contribution in [0.5, 0.6) is 11.5 Å². The zero-order chi connectivity index (χ0) is 35.9. The number of rotatable bonds is 15. The Kier molecular flexibility index (Phi) is 15.0. The summed E-state index contributed by atoms with van der Waals surface area (Å²) in [7, 11) is 2.64. The predicted molar refractivity (Wildman–Crippen MR) is 172 cm³/mol. The molecule has 0 unspecified atom stereocenters. The monoisotopic (exact) mass is 684 g/mol. The van der Waals surface area contributed by atoms with Crippen molar-refractivity contribution in [1.82, 2.24) is 10.3 Å². The summed E-state index contributed by atoms with van der Waals surface area (Å²) in [4.78, 5) is 81.0. The number of nitrogens with zero attached hydrogens (tertiary/aromatic N) is 1. The maximum atomic E-state index is 13.5. The van der Waals surface area contributed by atoms with Crippen molar-refractivity contribution in [1.29, 1.82) is 0 Å². The Bertz CT molecular complexity index is 1460. The summed E-state index contributed by atoms with van der Waals surface area (Å²) in [5.41, 5.74) is 0.408. The van der Waals surface area contributed by atoms with Crippen molar-refractivity contribution in [3.8, 4) is 11.5 Å². The number of carbonyl (C=O) groups is 6. The van der Waals surface area contributed by atoms with Gasteiger partial charge < -0.3 is 33.7 Å². The van der Waals surface area contributed by atoms with Gasteiger partial charge in [0.15, 0.2) is 23.6 Å². The van der Waals surface area contributed by atoms with Crippen LogP contribution in [0, 0.1) is 11.8 Å². The van der Waals surface area contributed by atoms with Gasteiger partial charge in [-0.1, -0.05) is 57.0 Å². The third-order valence-corrected chi connectivity index (χ3v) is 7.73. The Labute approximate surface area is 285 Å². The van der Waals surface area contributed by atoms with Gasteiger partial charge in [0.25, 0.3) is 5.91 Å². The molecule has 1 fully saturated rings. The molecule has 1 N–H and O–H groups in total. The predicted octanol–water partition coefficient (Wildman–Crippen LogP) is 3.52. The first-order valence-electron chi connectivity index (χ1n) is 16.2. The molecule has 1 aromatic heterocycles. The van der Waals surface area contributed by atoms with Crippen molar-refractivity contribution in [2.24, 2.45) is 11.8 Å². The molecule has 1 aliphatic heterocycles. The summed E-state index contributed by atoms with van der Waals surface area (Å²) in [6.45, 7) is 4.17. The van der Waals surface area contributed by atoms with Crippen LogP contribution in [0.25, 0.3) is 0 Å². The minimum absolute atomic E-state index is 0.0207. The Hall–Kier alpha value is -5.01. The van der Waals surface area contributed by atoms with E-state index in [4.69, 9.17) is 23.7 Å². The molecule has 2 heterocycles. The van der Waals surface area contributed by atoms with Gasteiger partial charge in [0, 0.05) is 25.1 Å². The number of aromatic nitrogens is 1. The van der Waals surface area contributed by atoms with E-state index in [1.54, 1.807) is 38.1 Å². The third kappa shape index (κ3) is 11.6. The second-order valence-electron chi connectivity index (χ2n) is 11.8. The van der Waals surface area contributed by atoms with E-state index in [9.17, 15) is 28.8 Å². The number of carbonyl (C=O) groups excluding carboxylic acids is 6. The van der Waals surface area contributed by atoms with Crippen LogP contribution < -0.4 is 14.8 Å². The summed E-state index contributed by atoms with van der Waals surface area (Å²) >= 11 is 0. The maximum absolute atomic E-state index is 13.5. The van der Waals surface area contributed by atoms with Crippen LogP contribution in [0.15, 0.2) is 42.6 Å². The summed E-state index contributed by atoms with van der Waals surface area (Å²) in [6.07, 6.45) is 1.89. The van der Waals surface area contributed by atoms with Gasteiger partial charge in [-0.25, -0.2) is 9.78 Å². The fraction of sp³-hybridized carbons (Fsp3) is 0.514. The standard InChI is InChI=1S/C35H44N2O12/c1-21(2)33(41)49-30-22(3)47-35(43)25(20-46-34(42)24(30)19-23-13-9-8-10-14-23)37-32(40)29-31(26(44-4)17-18-36-29)48-28(39)16-12-7-6-11-15-27(38)45-5/h8-10,13-14,17-18,21-22,24-25,30H,6-7,11-12,15-16,19-20H2,1-5H3,(H,37,40)/t22-,24+,25-,30-/m0/s1. The molecule has 266 valence electrons. The van der Waals surface area contributed by atoms with E-state index in [-0.39, 0.29) is 36.0 Å². The normalized spacial score (nSPS) is 19.3. The molecule has 14 nitrogen and oxygen atoms in total. The minimum atomic E-state index is -1.49. The highest BCUT2D eigenvalue weighted by Crippen LogP contribution is 2.31. The van der Waals surface area contributed by atoms with Crippen LogP contribution in [0.1, 0.15) is 75.3 Å². The molecule has 49 heavy (non-hydrogen) atoms. The lowest BCUT2D eigenvalue weighted by Gasteiger charge is -2.29. The topological polar surface area (TPSA) is 183 Å². The lowest BCUT2D eigenvalue weighted by molar-refractivity contribution is -0.176. The SMILES string of the molecule is COC(=O)CCCCCCC(=O)Oc1c(OC)ccnc1C(=O)N[C@H]1COC(=O)[C@H](Cc2ccccc2)[C@@H](OC(=O)C(C)C)[C@H](C)OC1=O. The number of amides is 1. The van der Waals surface area contributed by atoms with E-state index in [0.717, 1.165) is 5.56 Å². The zero-order valence-electron chi connectivity index (χ0n) is 28.4. The number of cyclic esters (lactones) is 2. The Morgan fingerprint density at radius 1 is 0.939 bits per heavy atom. The Balaban J connectivity index is 1.76. The van der Waals surface area contributed by atoms with Gasteiger partial charge in [0.2, 0.25) is 5.75 Å². The summed E-state index contributed by atoms with van der Waals surface area (Å²) in [5.74, 6) is -5.94.